The van der Waals surface area contributed by atoms with Crippen LogP contribution in [0, 0.1) is 0 Å². The van der Waals surface area contributed by atoms with Crippen molar-refractivity contribution in [2.45, 2.75) is 74.9 Å². The van der Waals surface area contributed by atoms with Crippen molar-refractivity contribution in [3.63, 3.8) is 0 Å². The minimum absolute atomic E-state index is 0.00746. The molecule has 2 saturated heterocycles. The summed E-state index contributed by atoms with van der Waals surface area (Å²) in [5.74, 6) is -0.284. The van der Waals surface area contributed by atoms with Crippen LogP contribution < -0.4 is 15.6 Å². The average Bonchev–Trinajstić information content (AvgIpc) is 3.10. The van der Waals surface area contributed by atoms with Gasteiger partial charge in [0, 0.05) is 37.0 Å². The van der Waals surface area contributed by atoms with E-state index in [9.17, 15) is 14.0 Å². The highest BCUT2D eigenvalue weighted by molar-refractivity contribution is 6.07. The quantitative estimate of drug-likeness (QED) is 0.582. The molecule has 2 bridgehead atoms. The molecule has 1 amide bonds. The monoisotopic (exact) mass is 479 g/mol. The number of fused-ring (bicyclic) bond motifs is 2. The first-order valence-corrected chi connectivity index (χ1v) is 12.2. The molecule has 2 aliphatic heterocycles. The Bertz CT molecular complexity index is 1420. The Balaban J connectivity index is 1.23. The Kier molecular flexibility index (Phi) is 4.29. The summed E-state index contributed by atoms with van der Waals surface area (Å²) in [6.07, 6.45) is 7.43. The highest BCUT2D eigenvalue weighted by Gasteiger charge is 2.61. The number of halogens is 1. The van der Waals surface area contributed by atoms with E-state index in [0.29, 0.717) is 18.7 Å². The molecule has 8 rings (SSSR count). The van der Waals surface area contributed by atoms with Crippen LogP contribution >= 0.6 is 0 Å². The zero-order chi connectivity index (χ0) is 23.9. The van der Waals surface area contributed by atoms with Gasteiger partial charge in [-0.2, -0.15) is 10.1 Å². The fourth-order valence-electron chi connectivity index (χ4n) is 5.66. The van der Waals surface area contributed by atoms with Crippen molar-refractivity contribution < 1.29 is 18.7 Å². The number of carbonyl (C=O) groups is 1. The van der Waals surface area contributed by atoms with Crippen LogP contribution in [0.3, 0.4) is 0 Å². The van der Waals surface area contributed by atoms with Crippen LogP contribution in [0.4, 0.5) is 10.1 Å². The number of aromatic nitrogens is 4. The van der Waals surface area contributed by atoms with E-state index in [2.05, 4.69) is 17.2 Å². The number of rotatable bonds is 6. The maximum absolute atomic E-state index is 13.5. The van der Waals surface area contributed by atoms with Crippen LogP contribution in [0.5, 0.6) is 5.88 Å². The van der Waals surface area contributed by atoms with E-state index < -0.39 is 23.7 Å². The Morgan fingerprint density at radius 3 is 2.80 bits per heavy atom. The van der Waals surface area contributed by atoms with E-state index in [1.165, 1.54) is 10.6 Å². The van der Waals surface area contributed by atoms with Gasteiger partial charge in [0.15, 0.2) is 5.65 Å². The fourth-order valence-corrected chi connectivity index (χ4v) is 5.66. The molecule has 10 heteroatoms. The van der Waals surface area contributed by atoms with Gasteiger partial charge in [-0.25, -0.2) is 4.39 Å². The number of carbonyl (C=O) groups excluding carboxylic acids is 1. The van der Waals surface area contributed by atoms with Crippen molar-refractivity contribution >= 4 is 22.6 Å². The van der Waals surface area contributed by atoms with E-state index in [1.54, 1.807) is 18.3 Å². The molecule has 0 aromatic carbocycles. The van der Waals surface area contributed by atoms with Crippen LogP contribution in [0.1, 0.15) is 61.8 Å². The molecule has 0 radical (unpaired) electrons. The standard InChI is InChI=1S/C25H26FN5O4/c1-24-11-25(12-24,13-34-24)31-10-14-8-16(22(28-20(14)29-31)35-15-4-2-5-15)21(32)27-18-6-3-7-30(23(18)33)19-9-17(19)26/h3,6-8,10,15,17,19H,2,4-5,9,11-13H2,1H3,(H,27,32)/t17-,19+,24?,25?/m1/s1. The summed E-state index contributed by atoms with van der Waals surface area (Å²) < 4.78 is 28.8. The van der Waals surface area contributed by atoms with Gasteiger partial charge in [0.2, 0.25) is 5.88 Å². The molecule has 182 valence electrons. The van der Waals surface area contributed by atoms with Gasteiger partial charge in [-0.05, 0) is 44.4 Å². The molecule has 5 aliphatic rings. The second kappa shape index (κ2) is 7.13. The summed E-state index contributed by atoms with van der Waals surface area (Å²) in [6.45, 7) is 2.72. The molecule has 5 heterocycles. The molecule has 3 saturated carbocycles. The second-order valence-electron chi connectivity index (χ2n) is 10.7. The number of nitrogens with one attached hydrogen (secondary N) is 1. The largest absolute Gasteiger partial charge is 0.474 e. The first kappa shape index (κ1) is 21.0. The number of hydrogen-bond acceptors (Lipinski definition) is 6. The molecule has 35 heavy (non-hydrogen) atoms. The highest BCUT2D eigenvalue weighted by Crippen LogP contribution is 2.55. The summed E-state index contributed by atoms with van der Waals surface area (Å²) in [4.78, 5) is 30.8. The SMILES string of the molecule is CC12CC(n3cc4cc(C(=O)Nc5cccn([C@H]6C[C@H]6F)c5=O)c(OC5CCC5)nc4n3)(CO1)C2. The summed E-state index contributed by atoms with van der Waals surface area (Å²) in [5.41, 5.74) is 0.169. The molecule has 3 aliphatic carbocycles. The van der Waals surface area contributed by atoms with Gasteiger partial charge in [0.05, 0.1) is 23.8 Å². The molecule has 3 aromatic heterocycles. The molecule has 0 unspecified atom stereocenters. The number of pyridine rings is 2. The van der Waals surface area contributed by atoms with Crippen LogP contribution in [-0.4, -0.2) is 49.7 Å². The molecule has 3 aromatic rings. The molecule has 2 atom stereocenters. The third-order valence-corrected chi connectivity index (χ3v) is 7.88. The second-order valence-corrected chi connectivity index (χ2v) is 10.7. The van der Waals surface area contributed by atoms with Crippen LogP contribution in [0.2, 0.25) is 0 Å². The molecule has 5 fully saturated rings. The van der Waals surface area contributed by atoms with Gasteiger partial charge in [-0.3, -0.25) is 14.3 Å². The van der Waals surface area contributed by atoms with Crippen molar-refractivity contribution in [1.82, 2.24) is 19.3 Å². The smallest absolute Gasteiger partial charge is 0.274 e. The summed E-state index contributed by atoms with van der Waals surface area (Å²) in [6, 6.07) is 4.41. The van der Waals surface area contributed by atoms with E-state index in [-0.39, 0.29) is 34.4 Å². The van der Waals surface area contributed by atoms with Crippen LogP contribution in [0.15, 0.2) is 35.4 Å². The van der Waals surface area contributed by atoms with E-state index >= 15 is 0 Å². The van der Waals surface area contributed by atoms with Crippen molar-refractivity contribution in [3.8, 4) is 5.88 Å². The number of hydrogen-bond donors (Lipinski definition) is 1. The maximum Gasteiger partial charge on any atom is 0.274 e. The third kappa shape index (κ3) is 3.30. The van der Waals surface area contributed by atoms with Gasteiger partial charge in [-0.15, -0.1) is 0 Å². The van der Waals surface area contributed by atoms with Crippen molar-refractivity contribution in [1.29, 1.82) is 0 Å². The third-order valence-electron chi connectivity index (χ3n) is 7.88. The minimum atomic E-state index is -1.03. The van der Waals surface area contributed by atoms with Crippen molar-refractivity contribution in [3.05, 3.63) is 46.5 Å². The topological polar surface area (TPSA) is 100 Å². The summed E-state index contributed by atoms with van der Waals surface area (Å²) in [7, 11) is 0. The van der Waals surface area contributed by atoms with E-state index in [4.69, 9.17) is 14.6 Å². The minimum Gasteiger partial charge on any atom is -0.474 e. The molecule has 1 N–H and O–H groups in total. The Labute approximate surface area is 200 Å². The van der Waals surface area contributed by atoms with Crippen LogP contribution in [-0.2, 0) is 10.3 Å². The number of nitrogens with zero attached hydrogens (tertiary/aromatic N) is 4. The number of alkyl halides is 1. The van der Waals surface area contributed by atoms with Gasteiger partial charge in [-0.1, -0.05) is 0 Å². The lowest BCUT2D eigenvalue weighted by atomic mass is 9.69. The first-order chi connectivity index (χ1) is 16.8. The Morgan fingerprint density at radius 2 is 2.14 bits per heavy atom. The van der Waals surface area contributed by atoms with E-state index in [1.807, 2.05) is 10.9 Å². The van der Waals surface area contributed by atoms with Crippen molar-refractivity contribution in [2.24, 2.45) is 0 Å². The zero-order valence-electron chi connectivity index (χ0n) is 19.4. The van der Waals surface area contributed by atoms with E-state index in [0.717, 1.165) is 37.5 Å². The predicted molar refractivity (Wildman–Crippen MR) is 125 cm³/mol. The lowest BCUT2D eigenvalue weighted by molar-refractivity contribution is 0.00381. The first-order valence-electron chi connectivity index (χ1n) is 12.2. The highest BCUT2D eigenvalue weighted by atomic mass is 19.1. The maximum atomic E-state index is 13.5. The normalized spacial score (nSPS) is 31.1. The van der Waals surface area contributed by atoms with Crippen molar-refractivity contribution in [2.75, 3.05) is 11.9 Å². The Morgan fingerprint density at radius 1 is 1.34 bits per heavy atom. The number of amides is 1. The molecular formula is C25H26FN5O4. The predicted octanol–water partition coefficient (Wildman–Crippen LogP) is 3.34. The van der Waals surface area contributed by atoms with Gasteiger partial charge in [0.1, 0.15) is 23.5 Å². The summed E-state index contributed by atoms with van der Waals surface area (Å²) >= 11 is 0. The zero-order valence-corrected chi connectivity index (χ0v) is 19.4. The fraction of sp³-hybridized carbons (Fsp3) is 0.520. The Hall–Kier alpha value is -3.27. The molecular weight excluding hydrogens is 453 g/mol. The van der Waals surface area contributed by atoms with Crippen LogP contribution in [0.25, 0.3) is 11.0 Å². The molecule has 0 spiro atoms. The van der Waals surface area contributed by atoms with Gasteiger partial charge in [0.25, 0.3) is 11.5 Å². The lowest BCUT2D eigenvalue weighted by Gasteiger charge is -2.42. The van der Waals surface area contributed by atoms with Gasteiger partial charge >= 0.3 is 0 Å². The molecule has 9 nitrogen and oxygen atoms in total. The average molecular weight is 480 g/mol. The number of ether oxygens (including phenoxy) is 2. The van der Waals surface area contributed by atoms with Gasteiger partial charge < -0.3 is 19.4 Å². The summed E-state index contributed by atoms with van der Waals surface area (Å²) in [5, 5.41) is 8.13. The lowest BCUT2D eigenvalue weighted by Crippen LogP contribution is -2.49. The number of anilines is 1.